The first-order chi connectivity index (χ1) is 15.2. The van der Waals surface area contributed by atoms with Gasteiger partial charge in [-0.15, -0.1) is 11.3 Å². The van der Waals surface area contributed by atoms with Gasteiger partial charge in [-0.3, -0.25) is 4.79 Å². The van der Waals surface area contributed by atoms with Gasteiger partial charge < -0.3 is 9.84 Å². The van der Waals surface area contributed by atoms with Gasteiger partial charge in [0.1, 0.15) is 10.8 Å². The lowest BCUT2D eigenvalue weighted by Gasteiger charge is -2.10. The average molecular weight is 462 g/mol. The first-order valence-electron chi connectivity index (χ1n) is 10.3. The average Bonchev–Trinajstić information content (AvgIpc) is 3.30. The number of carboxylic acid groups (broad SMARTS) is 1. The minimum absolute atomic E-state index is 0.0588. The number of carbonyl (C=O) groups is 1. The zero-order chi connectivity index (χ0) is 22.9. The zero-order valence-electron chi connectivity index (χ0n) is 17.4. The van der Waals surface area contributed by atoms with Crippen LogP contribution in [0.2, 0.25) is 0 Å². The number of fused-ring (bicyclic) bond motifs is 1. The lowest BCUT2D eigenvalue weighted by molar-refractivity contribution is -0.138. The number of ether oxygens (including phenoxy) is 1. The minimum atomic E-state index is -4.39. The first kappa shape index (κ1) is 22.3. The Morgan fingerprint density at radius 1 is 1.25 bits per heavy atom. The van der Waals surface area contributed by atoms with Gasteiger partial charge in [0, 0.05) is 16.9 Å². The fraction of sp³-hybridized carbons (Fsp3) is 0.333. The Morgan fingerprint density at radius 2 is 2.06 bits per heavy atom. The SMILES string of the molecule is Cc1sc(-c2cccc(C(F)(F)F)c2)nc1CCOc1ccc2c(c1)CC[C@H]2CC(=O)O. The molecule has 0 bridgehead atoms. The molecule has 1 aliphatic carbocycles. The van der Waals surface area contributed by atoms with Crippen molar-refractivity contribution in [3.05, 3.63) is 69.7 Å². The molecule has 0 fully saturated rings. The number of halogens is 3. The summed E-state index contributed by atoms with van der Waals surface area (Å²) in [6, 6.07) is 11.0. The Bertz CT molecular complexity index is 1140. The van der Waals surface area contributed by atoms with Crippen LogP contribution in [0.1, 0.15) is 46.0 Å². The van der Waals surface area contributed by atoms with E-state index in [1.165, 1.54) is 17.4 Å². The molecule has 0 aliphatic heterocycles. The van der Waals surface area contributed by atoms with E-state index in [1.54, 1.807) is 6.07 Å². The third kappa shape index (κ3) is 4.96. The number of rotatable bonds is 7. The van der Waals surface area contributed by atoms with E-state index in [-0.39, 0.29) is 12.3 Å². The highest BCUT2D eigenvalue weighted by atomic mass is 32.1. The standard InChI is InChI=1S/C24H22F3NO3S/c1-14-21(28-23(32-14)17-3-2-4-18(11-17)24(25,26)27)9-10-31-19-7-8-20-15(12-19)5-6-16(20)13-22(29)30/h2-4,7-8,11-12,16H,5-6,9-10,13H2,1H3,(H,29,30)/t16-/m0/s1. The monoisotopic (exact) mass is 461 g/mol. The molecule has 4 nitrogen and oxygen atoms in total. The molecule has 1 N–H and O–H groups in total. The van der Waals surface area contributed by atoms with Crippen LogP contribution in [0.5, 0.6) is 5.75 Å². The molecule has 1 heterocycles. The van der Waals surface area contributed by atoms with Crippen molar-refractivity contribution in [2.45, 2.75) is 44.7 Å². The van der Waals surface area contributed by atoms with Crippen LogP contribution in [-0.2, 0) is 23.8 Å². The Balaban J connectivity index is 1.40. The van der Waals surface area contributed by atoms with Gasteiger partial charge >= 0.3 is 12.1 Å². The van der Waals surface area contributed by atoms with Crippen LogP contribution in [0.25, 0.3) is 10.6 Å². The van der Waals surface area contributed by atoms with Crippen LogP contribution in [0, 0.1) is 6.92 Å². The summed E-state index contributed by atoms with van der Waals surface area (Å²) < 4.78 is 44.9. The Morgan fingerprint density at radius 3 is 2.81 bits per heavy atom. The molecular weight excluding hydrogens is 439 g/mol. The highest BCUT2D eigenvalue weighted by molar-refractivity contribution is 7.15. The molecule has 1 aromatic heterocycles. The molecule has 32 heavy (non-hydrogen) atoms. The zero-order valence-corrected chi connectivity index (χ0v) is 18.2. The summed E-state index contributed by atoms with van der Waals surface area (Å²) in [6.07, 6.45) is -2.02. The molecule has 1 atom stereocenters. The number of hydrogen-bond acceptors (Lipinski definition) is 4. The van der Waals surface area contributed by atoms with Crippen molar-refractivity contribution in [1.29, 1.82) is 0 Å². The van der Waals surface area contributed by atoms with Gasteiger partial charge in [-0.05, 0) is 61.1 Å². The van der Waals surface area contributed by atoms with Gasteiger partial charge in [0.15, 0.2) is 0 Å². The molecule has 3 aromatic rings. The number of nitrogens with zero attached hydrogens (tertiary/aromatic N) is 1. The fourth-order valence-electron chi connectivity index (χ4n) is 4.07. The van der Waals surface area contributed by atoms with Crippen LogP contribution < -0.4 is 4.74 Å². The van der Waals surface area contributed by atoms with E-state index in [0.717, 1.165) is 52.4 Å². The number of alkyl halides is 3. The third-order valence-electron chi connectivity index (χ3n) is 5.67. The number of aryl methyl sites for hydroxylation is 2. The topological polar surface area (TPSA) is 59.4 Å². The van der Waals surface area contributed by atoms with Gasteiger partial charge in [0.2, 0.25) is 0 Å². The van der Waals surface area contributed by atoms with Crippen molar-refractivity contribution in [2.24, 2.45) is 0 Å². The molecule has 168 valence electrons. The molecule has 2 aromatic carbocycles. The van der Waals surface area contributed by atoms with Crippen molar-refractivity contribution in [3.63, 3.8) is 0 Å². The summed E-state index contributed by atoms with van der Waals surface area (Å²) in [5, 5.41) is 9.61. The molecule has 0 saturated heterocycles. The van der Waals surface area contributed by atoms with Crippen LogP contribution in [0.4, 0.5) is 13.2 Å². The number of aliphatic carboxylic acids is 1. The number of hydrogen-bond donors (Lipinski definition) is 1. The summed E-state index contributed by atoms with van der Waals surface area (Å²) in [7, 11) is 0. The minimum Gasteiger partial charge on any atom is -0.493 e. The molecule has 0 amide bonds. The predicted octanol–water partition coefficient (Wildman–Crippen LogP) is 6.26. The maximum atomic E-state index is 13.0. The second-order valence-electron chi connectivity index (χ2n) is 7.89. The lowest BCUT2D eigenvalue weighted by Crippen LogP contribution is -2.05. The number of aromatic nitrogens is 1. The van der Waals surface area contributed by atoms with Crippen LogP contribution >= 0.6 is 11.3 Å². The summed E-state index contributed by atoms with van der Waals surface area (Å²) in [6.45, 7) is 2.30. The highest BCUT2D eigenvalue weighted by Gasteiger charge is 2.30. The van der Waals surface area contributed by atoms with E-state index >= 15 is 0 Å². The van der Waals surface area contributed by atoms with Crippen molar-refractivity contribution >= 4 is 17.3 Å². The maximum absolute atomic E-state index is 13.0. The van der Waals surface area contributed by atoms with Gasteiger partial charge in [-0.1, -0.05) is 18.2 Å². The van der Waals surface area contributed by atoms with Gasteiger partial charge in [0.25, 0.3) is 0 Å². The van der Waals surface area contributed by atoms with Crippen LogP contribution in [-0.4, -0.2) is 22.7 Å². The largest absolute Gasteiger partial charge is 0.493 e. The predicted molar refractivity (Wildman–Crippen MR) is 116 cm³/mol. The van der Waals surface area contributed by atoms with Crippen molar-refractivity contribution < 1.29 is 27.8 Å². The summed E-state index contributed by atoms with van der Waals surface area (Å²) >= 11 is 1.37. The van der Waals surface area contributed by atoms with Crippen molar-refractivity contribution in [1.82, 2.24) is 4.98 Å². The molecule has 8 heteroatoms. The molecule has 1 aliphatic rings. The fourth-order valence-corrected chi connectivity index (χ4v) is 5.03. The molecule has 4 rings (SSSR count). The number of carboxylic acids is 1. The molecule has 0 saturated carbocycles. The van der Waals surface area contributed by atoms with E-state index in [2.05, 4.69) is 4.98 Å². The Labute approximate surface area is 187 Å². The quantitative estimate of drug-likeness (QED) is 0.451. The Hall–Kier alpha value is -2.87. The number of benzene rings is 2. The number of thiazole rings is 1. The second-order valence-corrected chi connectivity index (χ2v) is 9.10. The maximum Gasteiger partial charge on any atom is 0.416 e. The van der Waals surface area contributed by atoms with Gasteiger partial charge in [0.05, 0.1) is 24.3 Å². The third-order valence-corrected chi connectivity index (χ3v) is 6.74. The molecule has 0 unspecified atom stereocenters. The lowest BCUT2D eigenvalue weighted by atomic mass is 9.98. The van der Waals surface area contributed by atoms with Gasteiger partial charge in [-0.2, -0.15) is 13.2 Å². The molecular formula is C24H22F3NO3S. The van der Waals surface area contributed by atoms with Crippen molar-refractivity contribution in [3.8, 4) is 16.3 Å². The molecule has 0 radical (unpaired) electrons. The summed E-state index contributed by atoms with van der Waals surface area (Å²) in [4.78, 5) is 16.5. The van der Waals surface area contributed by atoms with E-state index in [1.807, 2.05) is 25.1 Å². The second kappa shape index (κ2) is 8.94. The normalized spacial score (nSPS) is 15.6. The van der Waals surface area contributed by atoms with Crippen LogP contribution in [0.15, 0.2) is 42.5 Å². The van der Waals surface area contributed by atoms with Crippen molar-refractivity contribution in [2.75, 3.05) is 6.61 Å². The van der Waals surface area contributed by atoms with E-state index in [9.17, 15) is 18.0 Å². The Kier molecular flexibility index (Phi) is 6.24. The van der Waals surface area contributed by atoms with E-state index in [0.29, 0.717) is 23.6 Å². The smallest absolute Gasteiger partial charge is 0.416 e. The highest BCUT2D eigenvalue weighted by Crippen LogP contribution is 2.37. The van der Waals surface area contributed by atoms with Crippen LogP contribution in [0.3, 0.4) is 0 Å². The van der Waals surface area contributed by atoms with Gasteiger partial charge in [-0.25, -0.2) is 4.98 Å². The molecule has 0 spiro atoms. The first-order valence-corrected chi connectivity index (χ1v) is 11.1. The summed E-state index contributed by atoms with van der Waals surface area (Å²) in [5.41, 5.74) is 2.79. The summed E-state index contributed by atoms with van der Waals surface area (Å²) in [5.74, 6) is 0.000459. The van der Waals surface area contributed by atoms with E-state index in [4.69, 9.17) is 9.84 Å². The van der Waals surface area contributed by atoms with E-state index < -0.39 is 17.7 Å².